The SMILES string of the molecule is CC(C)(C)OC(=O)N1CC[C@H](CN)[C@H](F)C1. The largest absolute Gasteiger partial charge is 0.444 e. The molecule has 0 spiro atoms. The molecular weight excluding hydrogens is 211 g/mol. The molecule has 0 aliphatic carbocycles. The van der Waals surface area contributed by atoms with Gasteiger partial charge >= 0.3 is 6.09 Å². The predicted octanol–water partition coefficient (Wildman–Crippen LogP) is 1.54. The summed E-state index contributed by atoms with van der Waals surface area (Å²) in [4.78, 5) is 13.1. The highest BCUT2D eigenvalue weighted by Crippen LogP contribution is 2.21. The summed E-state index contributed by atoms with van der Waals surface area (Å²) >= 11 is 0. The molecule has 1 fully saturated rings. The zero-order chi connectivity index (χ0) is 12.3. The van der Waals surface area contributed by atoms with E-state index in [1.165, 1.54) is 4.90 Å². The Labute approximate surface area is 95.9 Å². The molecular formula is C11H21FN2O2. The highest BCUT2D eigenvalue weighted by Gasteiger charge is 2.32. The molecule has 0 aromatic rings. The number of carbonyl (C=O) groups excluding carboxylic acids is 1. The van der Waals surface area contributed by atoms with Crippen molar-refractivity contribution in [3.05, 3.63) is 0 Å². The molecule has 0 unspecified atom stereocenters. The summed E-state index contributed by atoms with van der Waals surface area (Å²) in [5.74, 6) is -0.126. The number of piperidine rings is 1. The van der Waals surface area contributed by atoms with Crippen molar-refractivity contribution < 1.29 is 13.9 Å². The number of rotatable bonds is 1. The highest BCUT2D eigenvalue weighted by atomic mass is 19.1. The summed E-state index contributed by atoms with van der Waals surface area (Å²) in [7, 11) is 0. The van der Waals surface area contributed by atoms with Gasteiger partial charge < -0.3 is 15.4 Å². The van der Waals surface area contributed by atoms with E-state index in [0.717, 1.165) is 0 Å². The summed E-state index contributed by atoms with van der Waals surface area (Å²) in [5.41, 5.74) is 4.91. The summed E-state index contributed by atoms with van der Waals surface area (Å²) in [6.07, 6.45) is -0.867. The average Bonchev–Trinajstić information content (AvgIpc) is 2.15. The van der Waals surface area contributed by atoms with E-state index in [0.29, 0.717) is 19.5 Å². The molecule has 0 aromatic heterocycles. The molecule has 0 aromatic carbocycles. The zero-order valence-electron chi connectivity index (χ0n) is 10.2. The molecule has 0 radical (unpaired) electrons. The van der Waals surface area contributed by atoms with E-state index in [-0.39, 0.29) is 12.5 Å². The first-order chi connectivity index (χ1) is 7.33. The lowest BCUT2D eigenvalue weighted by Crippen LogP contribution is -2.48. The Bertz CT molecular complexity index is 253. The molecule has 4 nitrogen and oxygen atoms in total. The van der Waals surface area contributed by atoms with E-state index in [9.17, 15) is 9.18 Å². The maximum absolute atomic E-state index is 13.6. The second-order valence-corrected chi connectivity index (χ2v) is 5.23. The molecule has 2 atom stereocenters. The maximum atomic E-state index is 13.6. The fourth-order valence-corrected chi connectivity index (χ4v) is 1.71. The molecule has 1 amide bonds. The van der Waals surface area contributed by atoms with Gasteiger partial charge in [0.15, 0.2) is 0 Å². The molecule has 0 saturated carbocycles. The van der Waals surface area contributed by atoms with Gasteiger partial charge in [-0.2, -0.15) is 0 Å². The quantitative estimate of drug-likeness (QED) is 0.746. The van der Waals surface area contributed by atoms with Crippen LogP contribution in [0.1, 0.15) is 27.2 Å². The fraction of sp³-hybridized carbons (Fsp3) is 0.909. The molecule has 1 aliphatic heterocycles. The zero-order valence-corrected chi connectivity index (χ0v) is 10.2. The van der Waals surface area contributed by atoms with Gasteiger partial charge in [0.25, 0.3) is 0 Å². The van der Waals surface area contributed by atoms with E-state index < -0.39 is 17.9 Å². The third-order valence-electron chi connectivity index (χ3n) is 2.63. The number of halogens is 1. The van der Waals surface area contributed by atoms with Gasteiger partial charge in [-0.15, -0.1) is 0 Å². The smallest absolute Gasteiger partial charge is 0.410 e. The van der Waals surface area contributed by atoms with E-state index in [1.54, 1.807) is 20.8 Å². The van der Waals surface area contributed by atoms with Gasteiger partial charge in [0, 0.05) is 12.5 Å². The van der Waals surface area contributed by atoms with Crippen molar-refractivity contribution in [3.63, 3.8) is 0 Å². The summed E-state index contributed by atoms with van der Waals surface area (Å²) in [5, 5.41) is 0. The fourth-order valence-electron chi connectivity index (χ4n) is 1.71. The van der Waals surface area contributed by atoms with Gasteiger partial charge in [0.2, 0.25) is 0 Å². The second kappa shape index (κ2) is 4.99. The van der Waals surface area contributed by atoms with Crippen LogP contribution in [0.25, 0.3) is 0 Å². The van der Waals surface area contributed by atoms with Gasteiger partial charge in [-0.1, -0.05) is 0 Å². The first kappa shape index (κ1) is 13.2. The van der Waals surface area contributed by atoms with E-state index in [2.05, 4.69) is 0 Å². The number of amides is 1. The Kier molecular flexibility index (Phi) is 4.13. The van der Waals surface area contributed by atoms with Crippen LogP contribution in [0.15, 0.2) is 0 Å². The van der Waals surface area contributed by atoms with Crippen LogP contribution in [-0.4, -0.2) is 42.4 Å². The Morgan fingerprint density at radius 2 is 2.19 bits per heavy atom. The van der Waals surface area contributed by atoms with Crippen LogP contribution in [0.2, 0.25) is 0 Å². The minimum atomic E-state index is -1.04. The predicted molar refractivity (Wildman–Crippen MR) is 59.9 cm³/mol. The van der Waals surface area contributed by atoms with Crippen molar-refractivity contribution in [1.82, 2.24) is 4.90 Å². The number of likely N-dealkylation sites (tertiary alicyclic amines) is 1. The summed E-state index contributed by atoms with van der Waals surface area (Å²) in [6.45, 7) is 6.34. The number of carbonyl (C=O) groups is 1. The molecule has 5 heteroatoms. The molecule has 1 rings (SSSR count). The number of alkyl halides is 1. The minimum absolute atomic E-state index is 0.0940. The van der Waals surface area contributed by atoms with Crippen LogP contribution in [0.4, 0.5) is 9.18 Å². The van der Waals surface area contributed by atoms with Crippen molar-refractivity contribution in [2.24, 2.45) is 11.7 Å². The first-order valence-electron chi connectivity index (χ1n) is 5.65. The Balaban J connectivity index is 2.48. The summed E-state index contributed by atoms with van der Waals surface area (Å²) in [6, 6.07) is 0. The van der Waals surface area contributed by atoms with Gasteiger partial charge in [-0.25, -0.2) is 9.18 Å². The maximum Gasteiger partial charge on any atom is 0.410 e. The number of nitrogens with zero attached hydrogens (tertiary/aromatic N) is 1. The molecule has 0 bridgehead atoms. The lowest BCUT2D eigenvalue weighted by Gasteiger charge is -2.35. The number of nitrogens with two attached hydrogens (primary N) is 1. The minimum Gasteiger partial charge on any atom is -0.444 e. The Morgan fingerprint density at radius 1 is 1.56 bits per heavy atom. The highest BCUT2D eigenvalue weighted by molar-refractivity contribution is 5.68. The summed E-state index contributed by atoms with van der Waals surface area (Å²) < 4.78 is 18.7. The second-order valence-electron chi connectivity index (χ2n) is 5.23. The van der Waals surface area contributed by atoms with Crippen LogP contribution in [0.5, 0.6) is 0 Å². The standard InChI is InChI=1S/C11H21FN2O2/c1-11(2,3)16-10(15)14-5-4-8(6-13)9(12)7-14/h8-9H,4-7,13H2,1-3H3/t8-,9-/m1/s1. The topological polar surface area (TPSA) is 55.6 Å². The van der Waals surface area contributed by atoms with Crippen molar-refractivity contribution >= 4 is 6.09 Å². The molecule has 1 heterocycles. The van der Waals surface area contributed by atoms with Gasteiger partial charge in [0.1, 0.15) is 11.8 Å². The number of hydrogen-bond donors (Lipinski definition) is 1. The van der Waals surface area contributed by atoms with Crippen LogP contribution in [0.3, 0.4) is 0 Å². The van der Waals surface area contributed by atoms with Gasteiger partial charge in [-0.05, 0) is 33.7 Å². The monoisotopic (exact) mass is 232 g/mol. The third-order valence-corrected chi connectivity index (χ3v) is 2.63. The molecule has 2 N–H and O–H groups in total. The van der Waals surface area contributed by atoms with Crippen molar-refractivity contribution in [3.8, 4) is 0 Å². The number of hydrogen-bond acceptors (Lipinski definition) is 3. The van der Waals surface area contributed by atoms with E-state index in [1.807, 2.05) is 0 Å². The first-order valence-corrected chi connectivity index (χ1v) is 5.65. The van der Waals surface area contributed by atoms with Gasteiger partial charge in [0.05, 0.1) is 6.54 Å². The lowest BCUT2D eigenvalue weighted by molar-refractivity contribution is 0.00625. The van der Waals surface area contributed by atoms with E-state index >= 15 is 0 Å². The molecule has 16 heavy (non-hydrogen) atoms. The van der Waals surface area contributed by atoms with E-state index in [4.69, 9.17) is 10.5 Å². The number of ether oxygens (including phenoxy) is 1. The Morgan fingerprint density at radius 3 is 2.62 bits per heavy atom. The van der Waals surface area contributed by atoms with Crippen LogP contribution < -0.4 is 5.73 Å². The van der Waals surface area contributed by atoms with Gasteiger partial charge in [-0.3, -0.25) is 0 Å². The lowest BCUT2D eigenvalue weighted by atomic mass is 9.95. The van der Waals surface area contributed by atoms with Crippen molar-refractivity contribution in [1.29, 1.82) is 0 Å². The normalized spacial score (nSPS) is 26.7. The van der Waals surface area contributed by atoms with Crippen LogP contribution >= 0.6 is 0 Å². The molecule has 94 valence electrons. The van der Waals surface area contributed by atoms with Crippen molar-refractivity contribution in [2.75, 3.05) is 19.6 Å². The van der Waals surface area contributed by atoms with Crippen LogP contribution in [-0.2, 0) is 4.74 Å². The third kappa shape index (κ3) is 3.63. The Hall–Kier alpha value is -0.840. The molecule has 1 saturated heterocycles. The molecule has 1 aliphatic rings. The van der Waals surface area contributed by atoms with Crippen LogP contribution in [0, 0.1) is 5.92 Å². The average molecular weight is 232 g/mol. The van der Waals surface area contributed by atoms with Crippen molar-refractivity contribution in [2.45, 2.75) is 39.0 Å².